The fourth-order valence-corrected chi connectivity index (χ4v) is 3.59. The lowest BCUT2D eigenvalue weighted by atomic mass is 10.0. The van der Waals surface area contributed by atoms with Gasteiger partial charge in [-0.05, 0) is 35.2 Å². The zero-order valence-electron chi connectivity index (χ0n) is 13.7. The summed E-state index contributed by atoms with van der Waals surface area (Å²) in [5, 5.41) is 13.4. The lowest BCUT2D eigenvalue weighted by molar-refractivity contribution is 0.159. The Morgan fingerprint density at radius 3 is 3.00 bits per heavy atom. The van der Waals surface area contributed by atoms with E-state index < -0.39 is 0 Å². The molecule has 3 heterocycles. The molecule has 2 aromatic heterocycles. The van der Waals surface area contributed by atoms with Crippen molar-refractivity contribution in [2.75, 3.05) is 38.7 Å². The van der Waals surface area contributed by atoms with E-state index in [0.29, 0.717) is 17.4 Å². The van der Waals surface area contributed by atoms with Crippen LogP contribution in [-0.2, 0) is 4.74 Å². The van der Waals surface area contributed by atoms with Gasteiger partial charge in [0.2, 0.25) is 5.76 Å². The Labute approximate surface area is 149 Å². The van der Waals surface area contributed by atoms with Crippen molar-refractivity contribution in [2.45, 2.75) is 25.3 Å². The third-order valence-electron chi connectivity index (χ3n) is 4.38. The van der Waals surface area contributed by atoms with Crippen LogP contribution in [-0.4, -0.2) is 49.3 Å². The predicted octanol–water partition coefficient (Wildman–Crippen LogP) is 3.37. The van der Waals surface area contributed by atoms with Gasteiger partial charge in [-0.15, -0.1) is 0 Å². The van der Waals surface area contributed by atoms with Gasteiger partial charge < -0.3 is 19.4 Å². The van der Waals surface area contributed by atoms with E-state index in [1.165, 1.54) is 0 Å². The average molecular weight is 393 g/mol. The van der Waals surface area contributed by atoms with Gasteiger partial charge in [0.05, 0.1) is 10.7 Å². The Balaban J connectivity index is 1.60. The number of hydrogen-bond donors (Lipinski definition) is 1. The quantitative estimate of drug-likeness (QED) is 0.759. The Kier molecular flexibility index (Phi) is 5.72. The number of nitrogens with zero attached hydrogens (tertiary/aromatic N) is 3. The van der Waals surface area contributed by atoms with Gasteiger partial charge in [-0.1, -0.05) is 0 Å². The minimum Gasteiger partial charge on any atom is -0.444 e. The SMILES string of the molecule is COCCCN1CCC(Nc2ncc3oc(C#N)cc3c2Br)CC1. The van der Waals surface area contributed by atoms with Crippen LogP contribution in [0.4, 0.5) is 5.82 Å². The lowest BCUT2D eigenvalue weighted by Gasteiger charge is -2.32. The van der Waals surface area contributed by atoms with Crippen LogP contribution in [0.3, 0.4) is 0 Å². The van der Waals surface area contributed by atoms with Crippen molar-refractivity contribution < 1.29 is 9.15 Å². The highest BCUT2D eigenvalue weighted by Gasteiger charge is 2.20. The van der Waals surface area contributed by atoms with Crippen molar-refractivity contribution in [1.29, 1.82) is 5.26 Å². The molecule has 0 atom stereocenters. The van der Waals surface area contributed by atoms with Crippen LogP contribution in [0.2, 0.25) is 0 Å². The smallest absolute Gasteiger partial charge is 0.204 e. The van der Waals surface area contributed by atoms with Gasteiger partial charge in [-0.25, -0.2) is 4.98 Å². The highest BCUT2D eigenvalue weighted by molar-refractivity contribution is 9.10. The molecular weight excluding hydrogens is 372 g/mol. The van der Waals surface area contributed by atoms with E-state index in [1.54, 1.807) is 19.4 Å². The van der Waals surface area contributed by atoms with E-state index in [2.05, 4.69) is 31.1 Å². The van der Waals surface area contributed by atoms with E-state index in [1.807, 2.05) is 6.07 Å². The number of pyridine rings is 1. The molecule has 1 N–H and O–H groups in total. The van der Waals surface area contributed by atoms with Gasteiger partial charge in [0, 0.05) is 50.8 Å². The van der Waals surface area contributed by atoms with Crippen molar-refractivity contribution in [1.82, 2.24) is 9.88 Å². The van der Waals surface area contributed by atoms with Crippen LogP contribution in [0.15, 0.2) is 21.2 Å². The molecule has 7 heteroatoms. The second-order valence-corrected chi connectivity index (χ2v) is 6.82. The van der Waals surface area contributed by atoms with Crippen LogP contribution in [0.5, 0.6) is 0 Å². The molecule has 24 heavy (non-hydrogen) atoms. The summed E-state index contributed by atoms with van der Waals surface area (Å²) in [6, 6.07) is 4.17. The number of aromatic nitrogens is 1. The molecule has 0 unspecified atom stereocenters. The molecule has 0 radical (unpaired) electrons. The maximum atomic E-state index is 8.95. The first kappa shape index (κ1) is 17.2. The molecule has 128 valence electrons. The minimum atomic E-state index is 0.300. The molecule has 0 amide bonds. The third-order valence-corrected chi connectivity index (χ3v) is 5.18. The summed E-state index contributed by atoms with van der Waals surface area (Å²) in [7, 11) is 1.75. The Hall–Kier alpha value is -1.62. The second kappa shape index (κ2) is 7.97. The van der Waals surface area contributed by atoms with Crippen LogP contribution in [0.1, 0.15) is 25.0 Å². The van der Waals surface area contributed by atoms with Crippen LogP contribution in [0.25, 0.3) is 11.0 Å². The summed E-state index contributed by atoms with van der Waals surface area (Å²) in [5.74, 6) is 1.11. The summed E-state index contributed by atoms with van der Waals surface area (Å²) >= 11 is 3.59. The van der Waals surface area contributed by atoms with Crippen molar-refractivity contribution in [3.05, 3.63) is 22.5 Å². The Morgan fingerprint density at radius 2 is 2.29 bits per heavy atom. The molecule has 0 spiro atoms. The van der Waals surface area contributed by atoms with Gasteiger partial charge in [0.25, 0.3) is 0 Å². The largest absolute Gasteiger partial charge is 0.444 e. The van der Waals surface area contributed by atoms with Crippen molar-refractivity contribution in [2.24, 2.45) is 0 Å². The number of ether oxygens (including phenoxy) is 1. The number of likely N-dealkylation sites (tertiary alicyclic amines) is 1. The van der Waals surface area contributed by atoms with Gasteiger partial charge in [0.15, 0.2) is 5.58 Å². The number of fused-ring (bicyclic) bond motifs is 1. The fourth-order valence-electron chi connectivity index (χ4n) is 3.06. The topological polar surface area (TPSA) is 74.3 Å². The number of furan rings is 1. The second-order valence-electron chi connectivity index (χ2n) is 6.03. The highest BCUT2D eigenvalue weighted by Crippen LogP contribution is 2.32. The molecule has 1 saturated heterocycles. The molecule has 1 fully saturated rings. The standard InChI is InChI=1S/C17H21BrN4O2/c1-23-8-2-5-22-6-3-12(4-7-22)21-17-16(18)14-9-13(10-19)24-15(14)11-20-17/h9,11-12H,2-8H2,1H3,(H,20,21). The third kappa shape index (κ3) is 3.89. The van der Waals surface area contributed by atoms with Crippen molar-refractivity contribution in [3.8, 4) is 6.07 Å². The van der Waals surface area contributed by atoms with Crippen LogP contribution < -0.4 is 5.32 Å². The minimum absolute atomic E-state index is 0.300. The molecule has 3 rings (SSSR count). The van der Waals surface area contributed by atoms with Crippen LogP contribution in [0, 0.1) is 11.3 Å². The number of methoxy groups -OCH3 is 1. The first-order valence-electron chi connectivity index (χ1n) is 8.17. The van der Waals surface area contributed by atoms with Gasteiger partial charge in [-0.2, -0.15) is 5.26 Å². The summed E-state index contributed by atoms with van der Waals surface area (Å²) in [6.07, 6.45) is 4.94. The van der Waals surface area contributed by atoms with E-state index in [0.717, 1.165) is 61.2 Å². The summed E-state index contributed by atoms with van der Waals surface area (Å²) in [4.78, 5) is 6.92. The van der Waals surface area contributed by atoms with E-state index >= 15 is 0 Å². The molecule has 0 aliphatic carbocycles. The molecule has 1 aliphatic heterocycles. The molecule has 0 bridgehead atoms. The van der Waals surface area contributed by atoms with Gasteiger partial charge in [0.1, 0.15) is 11.9 Å². The fraction of sp³-hybridized carbons (Fsp3) is 0.529. The lowest BCUT2D eigenvalue weighted by Crippen LogP contribution is -2.39. The maximum absolute atomic E-state index is 8.95. The number of piperidine rings is 1. The predicted molar refractivity (Wildman–Crippen MR) is 96.0 cm³/mol. The van der Waals surface area contributed by atoms with E-state index in [4.69, 9.17) is 14.4 Å². The molecule has 2 aromatic rings. The molecule has 0 saturated carbocycles. The molecular formula is C17H21BrN4O2. The Bertz CT molecular complexity index is 732. The first-order valence-corrected chi connectivity index (χ1v) is 8.96. The summed E-state index contributed by atoms with van der Waals surface area (Å²) in [6.45, 7) is 4.10. The number of nitrogens with one attached hydrogen (secondary N) is 1. The molecule has 0 aromatic carbocycles. The van der Waals surface area contributed by atoms with Crippen LogP contribution >= 0.6 is 15.9 Å². The normalized spacial score (nSPS) is 16.4. The molecule has 1 aliphatic rings. The average Bonchev–Trinajstić information content (AvgIpc) is 3.03. The zero-order chi connectivity index (χ0) is 16.9. The van der Waals surface area contributed by atoms with Crippen molar-refractivity contribution >= 4 is 32.7 Å². The highest BCUT2D eigenvalue weighted by atomic mass is 79.9. The molecule has 6 nitrogen and oxygen atoms in total. The number of nitriles is 1. The first-order chi connectivity index (χ1) is 11.7. The van der Waals surface area contributed by atoms with Crippen molar-refractivity contribution in [3.63, 3.8) is 0 Å². The summed E-state index contributed by atoms with van der Waals surface area (Å²) in [5.41, 5.74) is 0.622. The van der Waals surface area contributed by atoms with E-state index in [-0.39, 0.29) is 0 Å². The van der Waals surface area contributed by atoms with E-state index in [9.17, 15) is 0 Å². The van der Waals surface area contributed by atoms with Gasteiger partial charge >= 0.3 is 0 Å². The zero-order valence-corrected chi connectivity index (χ0v) is 15.3. The number of hydrogen-bond acceptors (Lipinski definition) is 6. The number of halogens is 1. The summed E-state index contributed by atoms with van der Waals surface area (Å²) < 4.78 is 11.4. The van der Waals surface area contributed by atoms with Gasteiger partial charge in [-0.3, -0.25) is 0 Å². The number of anilines is 1. The maximum Gasteiger partial charge on any atom is 0.204 e. The number of rotatable bonds is 6. The monoisotopic (exact) mass is 392 g/mol. The Morgan fingerprint density at radius 1 is 1.50 bits per heavy atom.